The molecule has 1 aromatic carbocycles. The van der Waals surface area contributed by atoms with Gasteiger partial charge in [0.15, 0.2) is 0 Å². The number of rotatable bonds is 6. The molecule has 0 amide bonds. The molecule has 2 N–H and O–H groups in total. The lowest BCUT2D eigenvalue weighted by atomic mass is 10.1. The molecule has 1 atom stereocenters. The van der Waals surface area contributed by atoms with Crippen LogP contribution in [0.5, 0.6) is 0 Å². The van der Waals surface area contributed by atoms with Crippen LogP contribution in [0.4, 0.5) is 11.4 Å². The predicted octanol–water partition coefficient (Wildman–Crippen LogP) is 3.13. The van der Waals surface area contributed by atoms with Gasteiger partial charge >= 0.3 is 0 Å². The number of nitro groups is 1. The number of aliphatic hydroxyl groups is 1. The van der Waals surface area contributed by atoms with Gasteiger partial charge in [-0.3, -0.25) is 10.1 Å². The summed E-state index contributed by atoms with van der Waals surface area (Å²) in [4.78, 5) is 10.2. The highest BCUT2D eigenvalue weighted by atomic mass is 35.5. The van der Waals surface area contributed by atoms with Crippen LogP contribution in [0, 0.1) is 17.0 Å². The number of non-ortho nitro benzene ring substituents is 1. The lowest BCUT2D eigenvalue weighted by molar-refractivity contribution is -0.384. The van der Waals surface area contributed by atoms with Gasteiger partial charge in [-0.2, -0.15) is 0 Å². The number of nitrogens with zero attached hydrogens (tertiary/aromatic N) is 1. The molecule has 0 radical (unpaired) electrons. The highest BCUT2D eigenvalue weighted by Gasteiger charge is 2.14. The third-order valence-corrected chi connectivity index (χ3v) is 2.97. The number of aryl methyl sites for hydroxylation is 1. The topological polar surface area (TPSA) is 75.4 Å². The van der Waals surface area contributed by atoms with Gasteiger partial charge in [0.25, 0.3) is 5.69 Å². The van der Waals surface area contributed by atoms with E-state index in [0.717, 1.165) is 12.0 Å². The first-order chi connectivity index (χ1) is 8.45. The number of nitro benzene ring substituents is 1. The maximum atomic E-state index is 10.7. The number of hydrogen-bond donors (Lipinski definition) is 2. The summed E-state index contributed by atoms with van der Waals surface area (Å²) < 4.78 is 0. The maximum Gasteiger partial charge on any atom is 0.271 e. The number of aliphatic hydroxyl groups excluding tert-OH is 1. The third-order valence-electron chi connectivity index (χ3n) is 2.67. The van der Waals surface area contributed by atoms with E-state index in [2.05, 4.69) is 5.32 Å². The van der Waals surface area contributed by atoms with E-state index in [0.29, 0.717) is 17.1 Å². The first kappa shape index (κ1) is 14.7. The Morgan fingerprint density at radius 2 is 2.22 bits per heavy atom. The summed E-state index contributed by atoms with van der Waals surface area (Å²) in [7, 11) is 0. The van der Waals surface area contributed by atoms with Crippen molar-refractivity contribution in [2.75, 3.05) is 11.9 Å². The summed E-state index contributed by atoms with van der Waals surface area (Å²) in [6.45, 7) is 3.91. The van der Waals surface area contributed by atoms with E-state index in [-0.39, 0.29) is 18.3 Å². The minimum Gasteiger partial charge on any atom is -0.396 e. The van der Waals surface area contributed by atoms with Crippen LogP contribution in [0.3, 0.4) is 0 Å². The van der Waals surface area contributed by atoms with Crippen LogP contribution < -0.4 is 5.32 Å². The Morgan fingerprint density at radius 3 is 2.72 bits per heavy atom. The second kappa shape index (κ2) is 6.56. The van der Waals surface area contributed by atoms with Crippen LogP contribution in [0.25, 0.3) is 0 Å². The van der Waals surface area contributed by atoms with E-state index in [9.17, 15) is 10.1 Å². The summed E-state index contributed by atoms with van der Waals surface area (Å²) in [6.07, 6.45) is 1.51. The fraction of sp³-hybridized carbons (Fsp3) is 0.500. The van der Waals surface area contributed by atoms with Gasteiger partial charge in [-0.15, -0.1) is 0 Å². The smallest absolute Gasteiger partial charge is 0.271 e. The predicted molar refractivity (Wildman–Crippen MR) is 72.2 cm³/mol. The molecule has 0 bridgehead atoms. The van der Waals surface area contributed by atoms with E-state index < -0.39 is 4.92 Å². The minimum atomic E-state index is -0.460. The molecule has 100 valence electrons. The summed E-state index contributed by atoms with van der Waals surface area (Å²) in [5.41, 5.74) is 1.45. The molecule has 1 unspecified atom stereocenters. The zero-order chi connectivity index (χ0) is 13.7. The zero-order valence-electron chi connectivity index (χ0n) is 10.4. The maximum absolute atomic E-state index is 10.7. The Bertz CT molecular complexity index is 414. The SMILES string of the molecule is Cc1cc([N+](=O)[O-])cc(Cl)c1NC(C)CCCO. The van der Waals surface area contributed by atoms with Crippen molar-refractivity contribution in [3.05, 3.63) is 32.8 Å². The molecule has 0 aliphatic carbocycles. The second-order valence-electron chi connectivity index (χ2n) is 4.29. The van der Waals surface area contributed by atoms with E-state index in [1.165, 1.54) is 12.1 Å². The van der Waals surface area contributed by atoms with Crippen LogP contribution in [0.2, 0.25) is 5.02 Å². The summed E-state index contributed by atoms with van der Waals surface area (Å²) >= 11 is 6.04. The molecule has 0 saturated heterocycles. The quantitative estimate of drug-likeness (QED) is 0.616. The molecule has 0 aromatic heterocycles. The molecule has 0 aliphatic heterocycles. The monoisotopic (exact) mass is 272 g/mol. The highest BCUT2D eigenvalue weighted by molar-refractivity contribution is 6.33. The average molecular weight is 273 g/mol. The summed E-state index contributed by atoms with van der Waals surface area (Å²) in [5.74, 6) is 0. The van der Waals surface area contributed by atoms with Crippen molar-refractivity contribution in [2.24, 2.45) is 0 Å². The van der Waals surface area contributed by atoms with Gasteiger partial charge in [0.1, 0.15) is 0 Å². The van der Waals surface area contributed by atoms with Gasteiger partial charge in [-0.25, -0.2) is 0 Å². The Hall–Kier alpha value is -1.33. The van der Waals surface area contributed by atoms with Crippen LogP contribution in [-0.2, 0) is 0 Å². The fourth-order valence-corrected chi connectivity index (χ4v) is 2.05. The molecular formula is C12H17ClN2O3. The summed E-state index contributed by atoms with van der Waals surface area (Å²) in [5, 5.41) is 23.0. The number of benzene rings is 1. The number of hydrogen-bond acceptors (Lipinski definition) is 4. The van der Waals surface area contributed by atoms with E-state index in [1.807, 2.05) is 6.92 Å². The largest absolute Gasteiger partial charge is 0.396 e. The van der Waals surface area contributed by atoms with E-state index in [1.54, 1.807) is 6.92 Å². The van der Waals surface area contributed by atoms with Gasteiger partial charge in [0.2, 0.25) is 0 Å². The van der Waals surface area contributed by atoms with Gasteiger partial charge in [-0.05, 0) is 32.3 Å². The standard InChI is InChI=1S/C12H17ClN2O3/c1-8-6-10(15(17)18)7-11(13)12(8)14-9(2)4-3-5-16/h6-7,9,14,16H,3-5H2,1-2H3. The molecule has 0 aliphatic rings. The summed E-state index contributed by atoms with van der Waals surface area (Å²) in [6, 6.07) is 2.98. The van der Waals surface area contributed by atoms with Crippen molar-refractivity contribution in [1.29, 1.82) is 0 Å². The molecule has 0 spiro atoms. The Balaban J connectivity index is 2.86. The van der Waals surface area contributed by atoms with Crippen molar-refractivity contribution in [3.63, 3.8) is 0 Å². The molecule has 5 nitrogen and oxygen atoms in total. The van der Waals surface area contributed by atoms with Gasteiger partial charge in [0.05, 0.1) is 15.6 Å². The number of halogens is 1. The van der Waals surface area contributed by atoms with Crippen LogP contribution >= 0.6 is 11.6 Å². The van der Waals surface area contributed by atoms with Crippen molar-refractivity contribution in [2.45, 2.75) is 32.7 Å². The van der Waals surface area contributed by atoms with Gasteiger partial charge in [0, 0.05) is 24.8 Å². The lowest BCUT2D eigenvalue weighted by Gasteiger charge is -2.17. The number of anilines is 1. The van der Waals surface area contributed by atoms with Crippen LogP contribution in [-0.4, -0.2) is 22.7 Å². The molecule has 18 heavy (non-hydrogen) atoms. The molecular weight excluding hydrogens is 256 g/mol. The zero-order valence-corrected chi connectivity index (χ0v) is 11.2. The van der Waals surface area contributed by atoms with Gasteiger partial charge in [-0.1, -0.05) is 11.6 Å². The first-order valence-electron chi connectivity index (χ1n) is 5.77. The minimum absolute atomic E-state index is 0.00828. The lowest BCUT2D eigenvalue weighted by Crippen LogP contribution is -2.16. The first-order valence-corrected chi connectivity index (χ1v) is 6.15. The molecule has 1 aromatic rings. The normalized spacial score (nSPS) is 12.2. The van der Waals surface area contributed by atoms with Crippen molar-refractivity contribution >= 4 is 23.0 Å². The molecule has 6 heteroatoms. The third kappa shape index (κ3) is 3.85. The van der Waals surface area contributed by atoms with E-state index in [4.69, 9.17) is 16.7 Å². The molecule has 1 rings (SSSR count). The highest BCUT2D eigenvalue weighted by Crippen LogP contribution is 2.31. The molecule has 0 fully saturated rings. The van der Waals surface area contributed by atoms with Crippen LogP contribution in [0.1, 0.15) is 25.3 Å². The Morgan fingerprint density at radius 1 is 1.56 bits per heavy atom. The van der Waals surface area contributed by atoms with E-state index >= 15 is 0 Å². The Kier molecular flexibility index (Phi) is 5.37. The second-order valence-corrected chi connectivity index (χ2v) is 4.70. The molecule has 0 saturated carbocycles. The fourth-order valence-electron chi connectivity index (χ4n) is 1.73. The molecule has 0 heterocycles. The van der Waals surface area contributed by atoms with Crippen molar-refractivity contribution < 1.29 is 10.0 Å². The van der Waals surface area contributed by atoms with Crippen molar-refractivity contribution in [1.82, 2.24) is 0 Å². The van der Waals surface area contributed by atoms with Crippen LogP contribution in [0.15, 0.2) is 12.1 Å². The average Bonchev–Trinajstić information content (AvgIpc) is 2.30. The number of nitrogens with one attached hydrogen (secondary N) is 1. The van der Waals surface area contributed by atoms with Gasteiger partial charge < -0.3 is 10.4 Å². The Labute approximate surface area is 111 Å². The van der Waals surface area contributed by atoms with Crippen molar-refractivity contribution in [3.8, 4) is 0 Å².